The van der Waals surface area contributed by atoms with E-state index in [0.29, 0.717) is 5.75 Å². The van der Waals surface area contributed by atoms with Crippen molar-refractivity contribution in [2.45, 2.75) is 6.61 Å². The number of nitrogens with zero attached hydrogens (tertiary/aromatic N) is 1. The Balaban J connectivity index is 2.20. The molecule has 2 aromatic rings. The molecule has 5 heteroatoms. The second kappa shape index (κ2) is 5.55. The number of pyridine rings is 1. The summed E-state index contributed by atoms with van der Waals surface area (Å²) in [4.78, 5) is 3.95. The fraction of sp³-hybridized carbons (Fsp3) is 0.0769. The van der Waals surface area contributed by atoms with E-state index in [1.165, 1.54) is 6.07 Å². The number of thiocarbonyl (C=S) groups is 1. The Bertz CT molecular complexity index is 560. The third-order valence-electron chi connectivity index (χ3n) is 2.34. The fourth-order valence-corrected chi connectivity index (χ4v) is 1.71. The minimum Gasteiger partial charge on any atom is -0.488 e. The summed E-state index contributed by atoms with van der Waals surface area (Å²) in [5, 5.41) is 0. The first-order valence-corrected chi connectivity index (χ1v) is 5.69. The van der Waals surface area contributed by atoms with E-state index in [9.17, 15) is 4.39 Å². The topological polar surface area (TPSA) is 48.1 Å². The van der Waals surface area contributed by atoms with Crippen molar-refractivity contribution in [2.24, 2.45) is 5.73 Å². The molecular formula is C13H11FN2OS. The maximum absolute atomic E-state index is 13.6. The lowest BCUT2D eigenvalue weighted by Gasteiger charge is -2.11. The SMILES string of the molecule is NC(=S)c1c(F)cccc1OCc1cccnc1. The van der Waals surface area contributed by atoms with Gasteiger partial charge in [0, 0.05) is 18.0 Å². The molecule has 0 aliphatic heterocycles. The largest absolute Gasteiger partial charge is 0.488 e. The van der Waals surface area contributed by atoms with Gasteiger partial charge in [0.2, 0.25) is 0 Å². The Morgan fingerprint density at radius 2 is 2.17 bits per heavy atom. The van der Waals surface area contributed by atoms with Gasteiger partial charge in [0.25, 0.3) is 0 Å². The molecule has 92 valence electrons. The summed E-state index contributed by atoms with van der Waals surface area (Å²) in [6.07, 6.45) is 3.35. The Hall–Kier alpha value is -2.01. The zero-order valence-corrected chi connectivity index (χ0v) is 10.3. The summed E-state index contributed by atoms with van der Waals surface area (Å²) >= 11 is 4.81. The molecule has 18 heavy (non-hydrogen) atoms. The lowest BCUT2D eigenvalue weighted by atomic mass is 10.2. The van der Waals surface area contributed by atoms with Crippen LogP contribution >= 0.6 is 12.2 Å². The number of halogens is 1. The van der Waals surface area contributed by atoms with E-state index in [4.69, 9.17) is 22.7 Å². The Morgan fingerprint density at radius 3 is 2.83 bits per heavy atom. The van der Waals surface area contributed by atoms with Gasteiger partial charge in [0.1, 0.15) is 23.2 Å². The molecule has 2 rings (SSSR count). The molecule has 0 fully saturated rings. The van der Waals surface area contributed by atoms with Crippen molar-refractivity contribution < 1.29 is 9.13 Å². The maximum atomic E-state index is 13.6. The van der Waals surface area contributed by atoms with Gasteiger partial charge in [-0.25, -0.2) is 4.39 Å². The van der Waals surface area contributed by atoms with Crippen molar-refractivity contribution in [1.29, 1.82) is 0 Å². The van der Waals surface area contributed by atoms with Crippen LogP contribution in [0.25, 0.3) is 0 Å². The molecule has 0 spiro atoms. The molecular weight excluding hydrogens is 251 g/mol. The predicted octanol–water partition coefficient (Wildman–Crippen LogP) is 2.43. The highest BCUT2D eigenvalue weighted by molar-refractivity contribution is 7.80. The van der Waals surface area contributed by atoms with Crippen molar-refractivity contribution in [3.63, 3.8) is 0 Å². The van der Waals surface area contributed by atoms with E-state index < -0.39 is 5.82 Å². The summed E-state index contributed by atoms with van der Waals surface area (Å²) in [7, 11) is 0. The predicted molar refractivity (Wildman–Crippen MR) is 70.9 cm³/mol. The molecule has 3 nitrogen and oxygen atoms in total. The Labute approximate surface area is 109 Å². The van der Waals surface area contributed by atoms with Crippen LogP contribution in [0.2, 0.25) is 0 Å². The lowest BCUT2D eigenvalue weighted by molar-refractivity contribution is 0.303. The molecule has 0 aliphatic carbocycles. The van der Waals surface area contributed by atoms with Gasteiger partial charge < -0.3 is 10.5 Å². The zero-order valence-electron chi connectivity index (χ0n) is 9.47. The van der Waals surface area contributed by atoms with Gasteiger partial charge in [-0.1, -0.05) is 24.4 Å². The number of hydrogen-bond donors (Lipinski definition) is 1. The van der Waals surface area contributed by atoms with Crippen LogP contribution in [0.15, 0.2) is 42.7 Å². The van der Waals surface area contributed by atoms with Crippen molar-refractivity contribution in [1.82, 2.24) is 4.98 Å². The molecule has 1 aromatic carbocycles. The van der Waals surface area contributed by atoms with Crippen molar-refractivity contribution >= 4 is 17.2 Å². The molecule has 0 radical (unpaired) electrons. The van der Waals surface area contributed by atoms with Crippen molar-refractivity contribution in [3.8, 4) is 5.75 Å². The van der Waals surface area contributed by atoms with Gasteiger partial charge in [-0.15, -0.1) is 0 Å². The number of benzene rings is 1. The summed E-state index contributed by atoms with van der Waals surface area (Å²) in [6.45, 7) is 0.285. The summed E-state index contributed by atoms with van der Waals surface area (Å²) < 4.78 is 19.1. The highest BCUT2D eigenvalue weighted by Gasteiger charge is 2.12. The summed E-state index contributed by atoms with van der Waals surface area (Å²) in [6, 6.07) is 8.15. The molecule has 0 atom stereocenters. The van der Waals surface area contributed by atoms with Crippen molar-refractivity contribution in [3.05, 3.63) is 59.7 Å². The van der Waals surface area contributed by atoms with E-state index in [1.54, 1.807) is 30.6 Å². The third-order valence-corrected chi connectivity index (χ3v) is 2.54. The molecule has 2 N–H and O–H groups in total. The van der Waals surface area contributed by atoms with E-state index >= 15 is 0 Å². The van der Waals surface area contributed by atoms with Crippen LogP contribution in [-0.2, 0) is 6.61 Å². The monoisotopic (exact) mass is 262 g/mol. The quantitative estimate of drug-likeness (QED) is 0.860. The minimum atomic E-state index is -0.480. The van der Waals surface area contributed by atoms with Crippen LogP contribution in [0.4, 0.5) is 4.39 Å². The highest BCUT2D eigenvalue weighted by Crippen LogP contribution is 2.22. The van der Waals surface area contributed by atoms with E-state index in [2.05, 4.69) is 4.98 Å². The first-order chi connectivity index (χ1) is 8.68. The Morgan fingerprint density at radius 1 is 1.33 bits per heavy atom. The smallest absolute Gasteiger partial charge is 0.137 e. The van der Waals surface area contributed by atoms with E-state index in [1.807, 2.05) is 6.07 Å². The number of aromatic nitrogens is 1. The fourth-order valence-electron chi connectivity index (χ4n) is 1.51. The van der Waals surface area contributed by atoms with E-state index in [0.717, 1.165) is 5.56 Å². The average molecular weight is 262 g/mol. The first-order valence-electron chi connectivity index (χ1n) is 5.28. The summed E-state index contributed by atoms with van der Waals surface area (Å²) in [5.74, 6) is -0.141. The van der Waals surface area contributed by atoms with Crippen LogP contribution in [0.5, 0.6) is 5.75 Å². The minimum absolute atomic E-state index is 0.0192. The molecule has 0 saturated heterocycles. The van der Waals surface area contributed by atoms with Crippen LogP contribution in [-0.4, -0.2) is 9.97 Å². The van der Waals surface area contributed by atoms with Crippen LogP contribution in [0.3, 0.4) is 0 Å². The Kier molecular flexibility index (Phi) is 3.84. The first kappa shape index (κ1) is 12.4. The standard InChI is InChI=1S/C13H11FN2OS/c14-10-4-1-5-11(12(10)13(15)18)17-8-9-3-2-6-16-7-9/h1-7H,8H2,(H2,15,18). The van der Waals surface area contributed by atoms with E-state index in [-0.39, 0.29) is 17.2 Å². The van der Waals surface area contributed by atoms with Gasteiger partial charge in [-0.3, -0.25) is 4.98 Å². The lowest BCUT2D eigenvalue weighted by Crippen LogP contribution is -2.14. The van der Waals surface area contributed by atoms with Gasteiger partial charge in [0.15, 0.2) is 0 Å². The maximum Gasteiger partial charge on any atom is 0.137 e. The normalized spacial score (nSPS) is 10.1. The van der Waals surface area contributed by atoms with Crippen LogP contribution in [0.1, 0.15) is 11.1 Å². The third kappa shape index (κ3) is 2.81. The molecule has 0 bridgehead atoms. The average Bonchev–Trinajstić information content (AvgIpc) is 2.37. The number of hydrogen-bond acceptors (Lipinski definition) is 3. The van der Waals surface area contributed by atoms with Crippen LogP contribution in [0, 0.1) is 5.82 Å². The van der Waals surface area contributed by atoms with Gasteiger partial charge in [-0.05, 0) is 18.2 Å². The second-order valence-electron chi connectivity index (χ2n) is 3.63. The van der Waals surface area contributed by atoms with Gasteiger partial charge in [0.05, 0.1) is 5.56 Å². The second-order valence-corrected chi connectivity index (χ2v) is 4.07. The van der Waals surface area contributed by atoms with Gasteiger partial charge >= 0.3 is 0 Å². The molecule has 0 saturated carbocycles. The molecule has 0 unspecified atom stereocenters. The molecule has 1 aromatic heterocycles. The highest BCUT2D eigenvalue weighted by atomic mass is 32.1. The molecule has 0 amide bonds. The van der Waals surface area contributed by atoms with Gasteiger partial charge in [-0.2, -0.15) is 0 Å². The number of ether oxygens (including phenoxy) is 1. The number of nitrogens with two attached hydrogens (primary N) is 1. The molecule has 1 heterocycles. The van der Waals surface area contributed by atoms with Crippen molar-refractivity contribution in [2.75, 3.05) is 0 Å². The summed E-state index contributed by atoms with van der Waals surface area (Å²) in [5.41, 5.74) is 6.50. The van der Waals surface area contributed by atoms with Crippen LogP contribution < -0.4 is 10.5 Å². The molecule has 0 aliphatic rings. The zero-order chi connectivity index (χ0) is 13.0. The number of rotatable bonds is 4.